The summed E-state index contributed by atoms with van der Waals surface area (Å²) in [6.07, 6.45) is 0. The van der Waals surface area contributed by atoms with Gasteiger partial charge in [0, 0.05) is 16.7 Å². The summed E-state index contributed by atoms with van der Waals surface area (Å²) in [6.45, 7) is 0. The van der Waals surface area contributed by atoms with Crippen molar-refractivity contribution in [3.63, 3.8) is 0 Å². The summed E-state index contributed by atoms with van der Waals surface area (Å²) < 4.78 is 25.2. The zero-order valence-corrected chi connectivity index (χ0v) is 10.5. The average Bonchev–Trinajstić information content (AvgIpc) is 2.80. The van der Waals surface area contributed by atoms with E-state index in [4.69, 9.17) is 11.6 Å². The molecule has 0 fully saturated rings. The maximum absolute atomic E-state index is 11.5. The molecular formula is C10H10ClN3O2S. The Morgan fingerprint density at radius 3 is 2.53 bits per heavy atom. The van der Waals surface area contributed by atoms with E-state index in [1.165, 1.54) is 13.1 Å². The third-order valence-corrected chi connectivity index (χ3v) is 3.83. The highest BCUT2D eigenvalue weighted by atomic mass is 35.5. The SMILES string of the molecule is CNS(=O)(=O)c1cc(-c2ccc(Cl)cc2)n[nH]1. The molecule has 0 amide bonds. The van der Waals surface area contributed by atoms with Gasteiger partial charge in [-0.3, -0.25) is 5.10 Å². The summed E-state index contributed by atoms with van der Waals surface area (Å²) in [4.78, 5) is 0. The molecule has 0 saturated carbocycles. The quantitative estimate of drug-likeness (QED) is 0.891. The van der Waals surface area contributed by atoms with Crippen molar-refractivity contribution in [2.45, 2.75) is 5.03 Å². The van der Waals surface area contributed by atoms with Crippen LogP contribution in [0.5, 0.6) is 0 Å². The van der Waals surface area contributed by atoms with Crippen LogP contribution in [0.1, 0.15) is 0 Å². The fourth-order valence-corrected chi connectivity index (χ4v) is 2.10. The number of rotatable bonds is 3. The second-order valence-corrected chi connectivity index (χ2v) is 5.62. The van der Waals surface area contributed by atoms with Crippen LogP contribution in [0, 0.1) is 0 Å². The number of benzene rings is 1. The Hall–Kier alpha value is -1.37. The molecule has 0 bridgehead atoms. The molecule has 0 atom stereocenters. The highest BCUT2D eigenvalue weighted by molar-refractivity contribution is 7.89. The van der Waals surface area contributed by atoms with Crippen molar-refractivity contribution in [2.24, 2.45) is 0 Å². The molecule has 0 aliphatic rings. The Bertz CT molecular complexity index is 619. The minimum atomic E-state index is -3.49. The number of H-pyrrole nitrogens is 1. The van der Waals surface area contributed by atoms with Crippen LogP contribution in [0.15, 0.2) is 35.4 Å². The molecule has 0 aliphatic heterocycles. The van der Waals surface area contributed by atoms with Crippen LogP contribution >= 0.6 is 11.6 Å². The molecule has 0 radical (unpaired) electrons. The van der Waals surface area contributed by atoms with Gasteiger partial charge in [0.05, 0.1) is 5.69 Å². The van der Waals surface area contributed by atoms with E-state index in [0.717, 1.165) is 5.56 Å². The second-order valence-electron chi connectivity index (χ2n) is 3.33. The number of nitrogens with zero attached hydrogens (tertiary/aromatic N) is 1. The van der Waals surface area contributed by atoms with E-state index in [1.807, 2.05) is 0 Å². The van der Waals surface area contributed by atoms with Gasteiger partial charge in [-0.15, -0.1) is 0 Å². The van der Waals surface area contributed by atoms with Gasteiger partial charge < -0.3 is 0 Å². The van der Waals surface area contributed by atoms with Crippen molar-refractivity contribution < 1.29 is 8.42 Å². The topological polar surface area (TPSA) is 74.8 Å². The zero-order valence-electron chi connectivity index (χ0n) is 8.94. The Morgan fingerprint density at radius 2 is 1.94 bits per heavy atom. The molecule has 1 heterocycles. The first-order valence-corrected chi connectivity index (χ1v) is 6.64. The minimum absolute atomic E-state index is 0.0324. The molecule has 2 N–H and O–H groups in total. The van der Waals surface area contributed by atoms with Crippen molar-refractivity contribution in [1.29, 1.82) is 0 Å². The third kappa shape index (κ3) is 2.49. The van der Waals surface area contributed by atoms with Gasteiger partial charge in [-0.1, -0.05) is 23.7 Å². The molecule has 5 nitrogen and oxygen atoms in total. The van der Waals surface area contributed by atoms with E-state index >= 15 is 0 Å². The number of aromatic amines is 1. The summed E-state index contributed by atoms with van der Waals surface area (Å²) in [5.74, 6) is 0. The Balaban J connectivity index is 2.40. The van der Waals surface area contributed by atoms with E-state index < -0.39 is 10.0 Å². The van der Waals surface area contributed by atoms with Gasteiger partial charge in [-0.2, -0.15) is 5.10 Å². The molecule has 2 rings (SSSR count). The Labute approximate surface area is 104 Å². The molecule has 1 aromatic carbocycles. The fraction of sp³-hybridized carbons (Fsp3) is 0.100. The number of halogens is 1. The summed E-state index contributed by atoms with van der Waals surface area (Å²) in [7, 11) is -2.14. The lowest BCUT2D eigenvalue weighted by atomic mass is 10.2. The van der Waals surface area contributed by atoms with E-state index in [-0.39, 0.29) is 5.03 Å². The minimum Gasteiger partial charge on any atom is -0.266 e. The number of aromatic nitrogens is 2. The van der Waals surface area contributed by atoms with Gasteiger partial charge in [0.2, 0.25) is 0 Å². The van der Waals surface area contributed by atoms with E-state index in [9.17, 15) is 8.42 Å². The molecule has 1 aromatic heterocycles. The van der Waals surface area contributed by atoms with Crippen molar-refractivity contribution in [3.05, 3.63) is 35.4 Å². The largest absolute Gasteiger partial charge is 0.266 e. The van der Waals surface area contributed by atoms with Crippen LogP contribution in [0.25, 0.3) is 11.3 Å². The summed E-state index contributed by atoms with van der Waals surface area (Å²) in [6, 6.07) is 8.45. The van der Waals surface area contributed by atoms with Gasteiger partial charge in [0.1, 0.15) is 0 Å². The first-order valence-electron chi connectivity index (χ1n) is 4.78. The van der Waals surface area contributed by atoms with Crippen LogP contribution in [0.4, 0.5) is 0 Å². The first-order chi connectivity index (χ1) is 8.03. The predicted molar refractivity (Wildman–Crippen MR) is 65.3 cm³/mol. The number of sulfonamides is 1. The van der Waals surface area contributed by atoms with E-state index in [1.54, 1.807) is 24.3 Å². The van der Waals surface area contributed by atoms with Crippen LogP contribution < -0.4 is 4.72 Å². The normalized spacial score (nSPS) is 11.6. The molecule has 0 aliphatic carbocycles. The smallest absolute Gasteiger partial charge is 0.257 e. The molecule has 90 valence electrons. The number of nitrogens with one attached hydrogen (secondary N) is 2. The van der Waals surface area contributed by atoms with Crippen LogP contribution in [0.3, 0.4) is 0 Å². The first kappa shape index (κ1) is 12.1. The molecule has 0 spiro atoms. The molecule has 0 unspecified atom stereocenters. The van der Waals surface area contributed by atoms with Crippen molar-refractivity contribution in [1.82, 2.24) is 14.9 Å². The monoisotopic (exact) mass is 271 g/mol. The molecule has 0 saturated heterocycles. The maximum atomic E-state index is 11.5. The number of hydrogen-bond donors (Lipinski definition) is 2. The fourth-order valence-electron chi connectivity index (χ4n) is 1.32. The molecule has 7 heteroatoms. The highest BCUT2D eigenvalue weighted by Crippen LogP contribution is 2.21. The predicted octanol–water partition coefficient (Wildman–Crippen LogP) is 1.64. The molecular weight excluding hydrogens is 262 g/mol. The van der Waals surface area contributed by atoms with Crippen molar-refractivity contribution >= 4 is 21.6 Å². The summed E-state index contributed by atoms with van der Waals surface area (Å²) in [5.41, 5.74) is 1.35. The lowest BCUT2D eigenvalue weighted by Crippen LogP contribution is -2.18. The molecule has 2 aromatic rings. The van der Waals surface area contributed by atoms with Gasteiger partial charge in [0.25, 0.3) is 10.0 Å². The van der Waals surface area contributed by atoms with Crippen molar-refractivity contribution in [2.75, 3.05) is 7.05 Å². The zero-order chi connectivity index (χ0) is 12.5. The van der Waals surface area contributed by atoms with E-state index in [0.29, 0.717) is 10.7 Å². The van der Waals surface area contributed by atoms with Crippen LogP contribution in [-0.4, -0.2) is 25.7 Å². The van der Waals surface area contributed by atoms with Crippen LogP contribution in [-0.2, 0) is 10.0 Å². The van der Waals surface area contributed by atoms with E-state index in [2.05, 4.69) is 14.9 Å². The van der Waals surface area contributed by atoms with Gasteiger partial charge >= 0.3 is 0 Å². The highest BCUT2D eigenvalue weighted by Gasteiger charge is 2.15. The second kappa shape index (κ2) is 4.48. The Kier molecular flexibility index (Phi) is 3.19. The van der Waals surface area contributed by atoms with Crippen LogP contribution in [0.2, 0.25) is 5.02 Å². The average molecular weight is 272 g/mol. The number of hydrogen-bond acceptors (Lipinski definition) is 3. The lowest BCUT2D eigenvalue weighted by Gasteiger charge is -1.96. The third-order valence-electron chi connectivity index (χ3n) is 2.25. The summed E-state index contributed by atoms with van der Waals surface area (Å²) >= 11 is 5.77. The van der Waals surface area contributed by atoms with Gasteiger partial charge in [-0.05, 0) is 19.2 Å². The van der Waals surface area contributed by atoms with Gasteiger partial charge in [-0.25, -0.2) is 13.1 Å². The van der Waals surface area contributed by atoms with Crippen molar-refractivity contribution in [3.8, 4) is 11.3 Å². The lowest BCUT2D eigenvalue weighted by molar-refractivity contribution is 0.584. The summed E-state index contributed by atoms with van der Waals surface area (Å²) in [5, 5.41) is 7.07. The standard InChI is InChI=1S/C10H10ClN3O2S/c1-12-17(15,16)10-6-9(13-14-10)7-2-4-8(11)5-3-7/h2-6,12H,1H3,(H,13,14). The van der Waals surface area contributed by atoms with Gasteiger partial charge in [0.15, 0.2) is 5.03 Å². The molecule has 17 heavy (non-hydrogen) atoms. The Morgan fingerprint density at radius 1 is 1.29 bits per heavy atom. The maximum Gasteiger partial charge on any atom is 0.257 e.